The van der Waals surface area contributed by atoms with Gasteiger partial charge in [-0.3, -0.25) is 4.79 Å². The number of amides is 1. The molecule has 0 aromatic heterocycles. The van der Waals surface area contributed by atoms with Crippen molar-refractivity contribution in [1.82, 2.24) is 16.2 Å². The summed E-state index contributed by atoms with van der Waals surface area (Å²) >= 11 is 0. The number of alkyl halides is 1. The molecular weight excluding hydrogens is 239 g/mol. The largest absolute Gasteiger partial charge is 0.404 e. The topological polar surface area (TPSA) is 74.8 Å². The highest BCUT2D eigenvalue weighted by Gasteiger charge is 2.42. The van der Waals surface area contributed by atoms with Crippen LogP contribution in [0.5, 0.6) is 0 Å². The lowest BCUT2D eigenvalue weighted by atomic mass is 10.4. The van der Waals surface area contributed by atoms with E-state index in [1.54, 1.807) is 20.0 Å². The normalized spacial score (nSPS) is 17.6. The van der Waals surface area contributed by atoms with E-state index in [2.05, 4.69) is 21.3 Å². The summed E-state index contributed by atoms with van der Waals surface area (Å²) in [4.78, 5) is 16.4. The molecule has 0 aromatic rings. The van der Waals surface area contributed by atoms with Crippen molar-refractivity contribution in [3.8, 4) is 0 Å². The second-order valence-electron chi connectivity index (χ2n) is 3.97. The number of nitrogens with zero attached hydrogens (tertiary/aromatic N) is 1. The third-order valence-corrected chi connectivity index (χ3v) is 2.42. The monoisotopic (exact) mass is 258 g/mol. The predicted octanol–water partition coefficient (Wildman–Crippen LogP) is 0.235. The molecule has 1 amide bonds. The van der Waals surface area contributed by atoms with E-state index >= 15 is 0 Å². The second-order valence-corrected chi connectivity index (χ2v) is 3.97. The lowest BCUT2D eigenvalue weighted by molar-refractivity contribution is -0.121. The maximum atomic E-state index is 13.1. The SMILES string of the molecule is C/C=C(\ONC)C(=O)NC/C=N\NCC1(F)CC1. The zero-order valence-electron chi connectivity index (χ0n) is 10.6. The number of hydrogen-bond donors (Lipinski definition) is 3. The van der Waals surface area contributed by atoms with Crippen molar-refractivity contribution in [3.05, 3.63) is 11.8 Å². The molecule has 0 spiro atoms. The number of rotatable bonds is 8. The lowest BCUT2D eigenvalue weighted by Crippen LogP contribution is -2.30. The van der Waals surface area contributed by atoms with Crippen LogP contribution >= 0.6 is 0 Å². The number of hydrazone groups is 1. The van der Waals surface area contributed by atoms with Gasteiger partial charge in [0.1, 0.15) is 5.67 Å². The first-order chi connectivity index (χ1) is 8.61. The van der Waals surface area contributed by atoms with Crippen LogP contribution in [0.4, 0.5) is 4.39 Å². The Kier molecular flexibility index (Phi) is 5.57. The minimum atomic E-state index is -1.07. The number of carbonyl (C=O) groups is 1. The van der Waals surface area contributed by atoms with Crippen LogP contribution in [0.25, 0.3) is 0 Å². The highest BCUT2D eigenvalue weighted by molar-refractivity contribution is 5.92. The highest BCUT2D eigenvalue weighted by Crippen LogP contribution is 2.38. The minimum Gasteiger partial charge on any atom is -0.404 e. The van der Waals surface area contributed by atoms with E-state index in [-0.39, 0.29) is 24.8 Å². The molecule has 3 N–H and O–H groups in total. The molecule has 1 aliphatic rings. The summed E-state index contributed by atoms with van der Waals surface area (Å²) in [5.41, 5.74) is 3.96. The first-order valence-electron chi connectivity index (χ1n) is 5.83. The third-order valence-electron chi connectivity index (χ3n) is 2.42. The van der Waals surface area contributed by atoms with E-state index in [1.807, 2.05) is 0 Å². The minimum absolute atomic E-state index is 0.180. The van der Waals surface area contributed by atoms with E-state index in [1.165, 1.54) is 6.21 Å². The van der Waals surface area contributed by atoms with Crippen LogP contribution in [0.3, 0.4) is 0 Å². The number of nitrogens with one attached hydrogen (secondary N) is 3. The van der Waals surface area contributed by atoms with Crippen LogP contribution in [-0.2, 0) is 9.63 Å². The van der Waals surface area contributed by atoms with Crippen LogP contribution < -0.4 is 16.2 Å². The van der Waals surface area contributed by atoms with Gasteiger partial charge in [0.05, 0.1) is 13.1 Å². The molecule has 1 rings (SSSR count). The summed E-state index contributed by atoms with van der Waals surface area (Å²) in [6.45, 7) is 2.16. The van der Waals surface area contributed by atoms with Crippen LogP contribution in [-0.4, -0.2) is 37.9 Å². The summed E-state index contributed by atoms with van der Waals surface area (Å²) in [6, 6.07) is 0. The van der Waals surface area contributed by atoms with Gasteiger partial charge in [0.15, 0.2) is 0 Å². The first kappa shape index (κ1) is 14.4. The van der Waals surface area contributed by atoms with Crippen LogP contribution in [0, 0.1) is 0 Å². The van der Waals surface area contributed by atoms with Gasteiger partial charge in [-0.15, -0.1) is 0 Å². The van der Waals surface area contributed by atoms with Gasteiger partial charge in [0.2, 0.25) is 5.76 Å². The summed E-state index contributed by atoms with van der Waals surface area (Å²) in [7, 11) is 1.56. The number of carbonyl (C=O) groups excluding carboxylic acids is 1. The van der Waals surface area contributed by atoms with Crippen molar-refractivity contribution in [1.29, 1.82) is 0 Å². The summed E-state index contributed by atoms with van der Waals surface area (Å²) < 4.78 is 13.1. The number of hydroxylamine groups is 1. The molecule has 0 saturated heterocycles. The smallest absolute Gasteiger partial charge is 0.288 e. The quantitative estimate of drug-likeness (QED) is 0.252. The number of halogens is 1. The Balaban J connectivity index is 2.12. The average Bonchev–Trinajstić information content (AvgIpc) is 3.08. The van der Waals surface area contributed by atoms with E-state index in [0.717, 1.165) is 0 Å². The maximum Gasteiger partial charge on any atom is 0.288 e. The molecule has 6 nitrogen and oxygen atoms in total. The molecule has 0 unspecified atom stereocenters. The summed E-state index contributed by atoms with van der Waals surface area (Å²) in [6.07, 6.45) is 4.20. The van der Waals surface area contributed by atoms with E-state index in [0.29, 0.717) is 12.8 Å². The van der Waals surface area contributed by atoms with Gasteiger partial charge in [-0.2, -0.15) is 10.6 Å². The fourth-order valence-corrected chi connectivity index (χ4v) is 1.18. The van der Waals surface area contributed by atoms with Crippen LogP contribution in [0.1, 0.15) is 19.8 Å². The Morgan fingerprint density at radius 1 is 1.56 bits per heavy atom. The van der Waals surface area contributed by atoms with Gasteiger partial charge in [-0.25, -0.2) is 4.39 Å². The zero-order chi connectivity index (χ0) is 13.4. The molecule has 7 heteroatoms. The highest BCUT2D eigenvalue weighted by atomic mass is 19.1. The van der Waals surface area contributed by atoms with Crippen molar-refractivity contribution < 1.29 is 14.0 Å². The van der Waals surface area contributed by atoms with Gasteiger partial charge in [-0.1, -0.05) is 0 Å². The van der Waals surface area contributed by atoms with Gasteiger partial charge < -0.3 is 15.6 Å². The van der Waals surface area contributed by atoms with E-state index in [4.69, 9.17) is 4.84 Å². The molecule has 0 bridgehead atoms. The lowest BCUT2D eigenvalue weighted by Gasteiger charge is -2.07. The molecule has 0 aliphatic heterocycles. The molecule has 1 saturated carbocycles. The molecule has 102 valence electrons. The second kappa shape index (κ2) is 6.95. The summed E-state index contributed by atoms with van der Waals surface area (Å²) in [5, 5.41) is 6.37. The molecule has 0 atom stereocenters. The Labute approximate surface area is 106 Å². The third kappa shape index (κ3) is 5.13. The standard InChI is InChI=1S/C11H19FN4O2/c1-3-9(18-13-2)10(17)14-6-7-15-16-8-11(12)4-5-11/h3,7,13,16H,4-6,8H2,1-2H3,(H,14,17)/b9-3-,15-7-. The number of hydrogen-bond acceptors (Lipinski definition) is 5. The summed E-state index contributed by atoms with van der Waals surface area (Å²) in [5.74, 6) is -0.165. The maximum absolute atomic E-state index is 13.1. The van der Waals surface area contributed by atoms with Crippen molar-refractivity contribution in [3.63, 3.8) is 0 Å². The zero-order valence-corrected chi connectivity index (χ0v) is 10.6. The van der Waals surface area contributed by atoms with Crippen LogP contribution in [0.15, 0.2) is 16.9 Å². The first-order valence-corrected chi connectivity index (χ1v) is 5.83. The predicted molar refractivity (Wildman–Crippen MR) is 66.5 cm³/mol. The van der Waals surface area contributed by atoms with Crippen LogP contribution in [0.2, 0.25) is 0 Å². The van der Waals surface area contributed by atoms with Gasteiger partial charge >= 0.3 is 0 Å². The molecule has 0 aromatic carbocycles. The molecular formula is C11H19FN4O2. The van der Waals surface area contributed by atoms with Crippen molar-refractivity contribution >= 4 is 12.1 Å². The Bertz CT molecular complexity index is 340. The molecule has 0 heterocycles. The molecule has 0 radical (unpaired) electrons. The average molecular weight is 258 g/mol. The molecule has 1 aliphatic carbocycles. The fourth-order valence-electron chi connectivity index (χ4n) is 1.18. The van der Waals surface area contributed by atoms with Crippen molar-refractivity contribution in [2.24, 2.45) is 5.10 Å². The molecule has 18 heavy (non-hydrogen) atoms. The van der Waals surface area contributed by atoms with E-state index < -0.39 is 5.67 Å². The Morgan fingerprint density at radius 3 is 2.83 bits per heavy atom. The van der Waals surface area contributed by atoms with Gasteiger partial charge in [0.25, 0.3) is 5.91 Å². The Hall–Kier alpha value is -1.63. The van der Waals surface area contributed by atoms with Gasteiger partial charge in [0, 0.05) is 13.3 Å². The van der Waals surface area contributed by atoms with Gasteiger partial charge in [-0.05, 0) is 25.8 Å². The fraction of sp³-hybridized carbons (Fsp3) is 0.636. The Morgan fingerprint density at radius 2 is 2.28 bits per heavy atom. The van der Waals surface area contributed by atoms with Crippen molar-refractivity contribution in [2.75, 3.05) is 20.1 Å². The molecule has 1 fully saturated rings. The van der Waals surface area contributed by atoms with E-state index in [9.17, 15) is 9.18 Å². The van der Waals surface area contributed by atoms with Crippen molar-refractivity contribution in [2.45, 2.75) is 25.4 Å². The number of allylic oxidation sites excluding steroid dienone is 1.